The van der Waals surface area contributed by atoms with E-state index in [-0.39, 0.29) is 12.1 Å². The number of amides is 2. The zero-order chi connectivity index (χ0) is 15.2. The van der Waals surface area contributed by atoms with Gasteiger partial charge in [-0.3, -0.25) is 4.98 Å². The summed E-state index contributed by atoms with van der Waals surface area (Å²) in [6.45, 7) is 4.66. The highest BCUT2D eigenvalue weighted by Crippen LogP contribution is 2.12. The van der Waals surface area contributed by atoms with Crippen molar-refractivity contribution in [2.75, 3.05) is 7.05 Å². The zero-order valence-electron chi connectivity index (χ0n) is 13.0. The number of urea groups is 1. The fraction of sp³-hybridized carbons (Fsp3) is 0.412. The van der Waals surface area contributed by atoms with Gasteiger partial charge < -0.3 is 10.2 Å². The number of pyridine rings is 1. The highest BCUT2D eigenvalue weighted by atomic mass is 16.2. The number of benzene rings is 1. The Morgan fingerprint density at radius 2 is 2.05 bits per heavy atom. The van der Waals surface area contributed by atoms with Gasteiger partial charge in [0.15, 0.2) is 0 Å². The van der Waals surface area contributed by atoms with Crippen molar-refractivity contribution in [3.63, 3.8) is 0 Å². The molecule has 0 aliphatic rings. The third kappa shape index (κ3) is 4.18. The molecule has 4 nitrogen and oxygen atoms in total. The van der Waals surface area contributed by atoms with Crippen molar-refractivity contribution in [3.8, 4) is 0 Å². The fourth-order valence-electron chi connectivity index (χ4n) is 2.34. The third-order valence-corrected chi connectivity index (χ3v) is 3.49. The Labute approximate surface area is 126 Å². The molecule has 1 aromatic heterocycles. The van der Waals surface area contributed by atoms with Gasteiger partial charge in [-0.1, -0.05) is 37.6 Å². The van der Waals surface area contributed by atoms with E-state index in [0.717, 1.165) is 29.4 Å². The first-order valence-corrected chi connectivity index (χ1v) is 7.46. The molecule has 2 rings (SSSR count). The monoisotopic (exact) mass is 285 g/mol. The summed E-state index contributed by atoms with van der Waals surface area (Å²) in [6.07, 6.45) is 2.06. The second kappa shape index (κ2) is 7.07. The summed E-state index contributed by atoms with van der Waals surface area (Å²) in [5, 5.41) is 4.11. The smallest absolute Gasteiger partial charge is 0.317 e. The molecule has 0 radical (unpaired) electrons. The van der Waals surface area contributed by atoms with Gasteiger partial charge in [-0.15, -0.1) is 0 Å². The van der Waals surface area contributed by atoms with Crippen LogP contribution in [0.5, 0.6) is 0 Å². The minimum Gasteiger partial charge on any atom is -0.336 e. The van der Waals surface area contributed by atoms with Crippen LogP contribution in [-0.2, 0) is 6.54 Å². The van der Waals surface area contributed by atoms with Crippen LogP contribution in [0.4, 0.5) is 4.79 Å². The molecule has 0 bridgehead atoms. The molecule has 2 amide bonds. The van der Waals surface area contributed by atoms with Crippen molar-refractivity contribution >= 4 is 16.9 Å². The van der Waals surface area contributed by atoms with Crippen molar-refractivity contribution in [2.24, 2.45) is 0 Å². The Morgan fingerprint density at radius 1 is 1.29 bits per heavy atom. The summed E-state index contributed by atoms with van der Waals surface area (Å²) in [5.74, 6) is 0. The van der Waals surface area contributed by atoms with Gasteiger partial charge >= 0.3 is 6.03 Å². The summed E-state index contributed by atoms with van der Waals surface area (Å²) in [6, 6.07) is 12.2. The maximum atomic E-state index is 12.1. The SMILES string of the molecule is CCC[C@H](C)NC(=O)N(C)Cc1ccc2ccccc2n1. The second-order valence-electron chi connectivity index (χ2n) is 5.49. The molecule has 1 N–H and O–H groups in total. The lowest BCUT2D eigenvalue weighted by Crippen LogP contribution is -2.41. The number of nitrogens with one attached hydrogen (secondary N) is 1. The van der Waals surface area contributed by atoms with E-state index in [0.29, 0.717) is 6.54 Å². The molecule has 1 atom stereocenters. The molecule has 0 fully saturated rings. The van der Waals surface area contributed by atoms with Crippen molar-refractivity contribution in [3.05, 3.63) is 42.1 Å². The maximum Gasteiger partial charge on any atom is 0.317 e. The fourth-order valence-corrected chi connectivity index (χ4v) is 2.34. The molecular formula is C17H23N3O. The van der Waals surface area contributed by atoms with Gasteiger partial charge in [0.25, 0.3) is 0 Å². The van der Waals surface area contributed by atoms with Crippen LogP contribution >= 0.6 is 0 Å². The summed E-state index contributed by atoms with van der Waals surface area (Å²) < 4.78 is 0. The molecular weight excluding hydrogens is 262 g/mol. The van der Waals surface area contributed by atoms with E-state index in [4.69, 9.17) is 0 Å². The lowest BCUT2D eigenvalue weighted by molar-refractivity contribution is 0.202. The molecule has 0 aliphatic heterocycles. The van der Waals surface area contributed by atoms with Crippen LogP contribution in [0.1, 0.15) is 32.4 Å². The van der Waals surface area contributed by atoms with E-state index in [1.54, 1.807) is 11.9 Å². The van der Waals surface area contributed by atoms with E-state index >= 15 is 0 Å². The van der Waals surface area contributed by atoms with Gasteiger partial charge in [0.05, 0.1) is 17.8 Å². The summed E-state index contributed by atoms with van der Waals surface area (Å²) in [5.41, 5.74) is 1.86. The number of carbonyl (C=O) groups excluding carboxylic acids is 1. The van der Waals surface area contributed by atoms with Crippen LogP contribution in [0.3, 0.4) is 0 Å². The van der Waals surface area contributed by atoms with E-state index in [2.05, 4.69) is 17.2 Å². The number of aromatic nitrogens is 1. The van der Waals surface area contributed by atoms with Crippen LogP contribution in [0.25, 0.3) is 10.9 Å². The first kappa shape index (κ1) is 15.3. The maximum absolute atomic E-state index is 12.1. The van der Waals surface area contributed by atoms with E-state index in [1.807, 2.05) is 43.3 Å². The van der Waals surface area contributed by atoms with Gasteiger partial charge in [0, 0.05) is 18.5 Å². The molecule has 2 aromatic rings. The van der Waals surface area contributed by atoms with Crippen molar-refractivity contribution in [1.82, 2.24) is 15.2 Å². The van der Waals surface area contributed by atoms with Gasteiger partial charge in [-0.25, -0.2) is 4.79 Å². The summed E-state index contributed by atoms with van der Waals surface area (Å²) in [4.78, 5) is 18.3. The predicted octanol–water partition coefficient (Wildman–Crippen LogP) is 3.56. The number of hydrogen-bond acceptors (Lipinski definition) is 2. The minimum absolute atomic E-state index is 0.0501. The van der Waals surface area contributed by atoms with Crippen LogP contribution in [0.15, 0.2) is 36.4 Å². The Morgan fingerprint density at radius 3 is 2.81 bits per heavy atom. The molecule has 0 saturated carbocycles. The highest BCUT2D eigenvalue weighted by Gasteiger charge is 2.12. The lowest BCUT2D eigenvalue weighted by Gasteiger charge is -2.21. The molecule has 4 heteroatoms. The molecule has 0 unspecified atom stereocenters. The molecule has 0 spiro atoms. The summed E-state index contributed by atoms with van der Waals surface area (Å²) in [7, 11) is 1.80. The number of para-hydroxylation sites is 1. The average molecular weight is 285 g/mol. The summed E-state index contributed by atoms with van der Waals surface area (Å²) >= 11 is 0. The van der Waals surface area contributed by atoms with E-state index in [1.165, 1.54) is 0 Å². The van der Waals surface area contributed by atoms with Gasteiger partial charge in [0.1, 0.15) is 0 Å². The number of fused-ring (bicyclic) bond motifs is 1. The van der Waals surface area contributed by atoms with Crippen molar-refractivity contribution in [1.29, 1.82) is 0 Å². The van der Waals surface area contributed by atoms with Gasteiger partial charge in [0.2, 0.25) is 0 Å². The first-order chi connectivity index (χ1) is 10.1. The van der Waals surface area contributed by atoms with Crippen molar-refractivity contribution in [2.45, 2.75) is 39.3 Å². The quantitative estimate of drug-likeness (QED) is 0.913. The molecule has 0 aliphatic carbocycles. The Hall–Kier alpha value is -2.10. The molecule has 21 heavy (non-hydrogen) atoms. The molecule has 112 valence electrons. The van der Waals surface area contributed by atoms with Crippen LogP contribution in [0.2, 0.25) is 0 Å². The second-order valence-corrected chi connectivity index (χ2v) is 5.49. The predicted molar refractivity (Wildman–Crippen MR) is 86.1 cm³/mol. The highest BCUT2D eigenvalue weighted by molar-refractivity contribution is 5.78. The minimum atomic E-state index is -0.0501. The molecule has 1 heterocycles. The lowest BCUT2D eigenvalue weighted by atomic mass is 10.2. The zero-order valence-corrected chi connectivity index (χ0v) is 13.0. The Kier molecular flexibility index (Phi) is 5.14. The van der Waals surface area contributed by atoms with Crippen LogP contribution < -0.4 is 5.32 Å². The van der Waals surface area contributed by atoms with Gasteiger partial charge in [-0.05, 0) is 25.5 Å². The van der Waals surface area contributed by atoms with Crippen molar-refractivity contribution < 1.29 is 4.79 Å². The Balaban J connectivity index is 2.00. The Bertz CT molecular complexity index is 612. The number of carbonyl (C=O) groups is 1. The topological polar surface area (TPSA) is 45.2 Å². The third-order valence-electron chi connectivity index (χ3n) is 3.49. The number of nitrogens with zero attached hydrogens (tertiary/aromatic N) is 2. The number of rotatable bonds is 5. The average Bonchev–Trinajstić information content (AvgIpc) is 2.47. The largest absolute Gasteiger partial charge is 0.336 e. The first-order valence-electron chi connectivity index (χ1n) is 7.46. The normalized spacial score (nSPS) is 12.1. The van der Waals surface area contributed by atoms with E-state index in [9.17, 15) is 4.79 Å². The van der Waals surface area contributed by atoms with Crippen LogP contribution in [-0.4, -0.2) is 29.0 Å². The van der Waals surface area contributed by atoms with E-state index < -0.39 is 0 Å². The van der Waals surface area contributed by atoms with Crippen LogP contribution in [0, 0.1) is 0 Å². The standard InChI is InChI=1S/C17H23N3O/c1-4-7-13(2)18-17(21)20(3)12-15-11-10-14-8-5-6-9-16(14)19-15/h5-6,8-11,13H,4,7,12H2,1-3H3,(H,18,21)/t13-/m0/s1. The molecule has 0 saturated heterocycles. The number of hydrogen-bond donors (Lipinski definition) is 1. The molecule has 1 aromatic carbocycles. The van der Waals surface area contributed by atoms with Gasteiger partial charge in [-0.2, -0.15) is 0 Å².